The lowest BCUT2D eigenvalue weighted by atomic mass is 9.51. The monoisotopic (exact) mass is 458 g/mol. The molecule has 2 N–H and O–H groups in total. The Morgan fingerprint density at radius 2 is 1.81 bits per heavy atom. The van der Waals surface area contributed by atoms with Crippen LogP contribution in [-0.2, 0) is 10.3 Å². The Morgan fingerprint density at radius 1 is 1.12 bits per heavy atom. The topological polar surface area (TPSA) is 93.8 Å². The van der Waals surface area contributed by atoms with E-state index in [4.69, 9.17) is 11.6 Å². The lowest BCUT2D eigenvalue weighted by Gasteiger charge is -2.60. The maximum Gasteiger partial charge on any atom is 0.256 e. The van der Waals surface area contributed by atoms with E-state index in [0.29, 0.717) is 34.2 Å². The van der Waals surface area contributed by atoms with Crippen molar-refractivity contribution in [3.05, 3.63) is 29.2 Å². The third-order valence-electron chi connectivity index (χ3n) is 7.40. The number of rotatable bonds is 4. The number of hydrogen-bond donors (Lipinski definition) is 2. The molecular formula is C23H31ClN6O2. The van der Waals surface area contributed by atoms with Crippen LogP contribution in [-0.4, -0.2) is 43.0 Å². The summed E-state index contributed by atoms with van der Waals surface area (Å²) in [4.78, 5) is 25.3. The van der Waals surface area contributed by atoms with Gasteiger partial charge in [-0.1, -0.05) is 11.6 Å². The SMILES string of the molecule is CC(=O)NC12CC3CC(C1)C(NC(=O)c1cnn(C(C)(C)C)c1-n1cc(Cl)cn1)C(C3)C2. The Balaban J connectivity index is 1.42. The van der Waals surface area contributed by atoms with E-state index in [1.807, 2.05) is 25.5 Å². The molecule has 4 aliphatic rings. The fraction of sp³-hybridized carbons (Fsp3) is 0.652. The Morgan fingerprint density at radius 3 is 2.38 bits per heavy atom. The molecule has 2 aromatic heterocycles. The first kappa shape index (κ1) is 21.5. The van der Waals surface area contributed by atoms with E-state index in [-0.39, 0.29) is 28.9 Å². The number of amides is 2. The molecule has 2 unspecified atom stereocenters. The molecule has 9 heteroatoms. The molecule has 6 rings (SSSR count). The van der Waals surface area contributed by atoms with Crippen LogP contribution in [0.4, 0.5) is 0 Å². The van der Waals surface area contributed by atoms with Crippen LogP contribution < -0.4 is 10.6 Å². The second-order valence-corrected chi connectivity index (χ2v) is 11.4. The predicted octanol–water partition coefficient (Wildman–Crippen LogP) is 3.29. The normalized spacial score (nSPS) is 31.0. The van der Waals surface area contributed by atoms with Gasteiger partial charge in [0.25, 0.3) is 5.91 Å². The van der Waals surface area contributed by atoms with Gasteiger partial charge in [-0.2, -0.15) is 10.2 Å². The Labute approximate surface area is 193 Å². The highest BCUT2D eigenvalue weighted by atomic mass is 35.5. The zero-order chi connectivity index (χ0) is 22.8. The summed E-state index contributed by atoms with van der Waals surface area (Å²) in [5.41, 5.74) is 0.0715. The van der Waals surface area contributed by atoms with Crippen LogP contribution in [0.1, 0.15) is 70.2 Å². The second-order valence-electron chi connectivity index (χ2n) is 11.0. The van der Waals surface area contributed by atoms with Crippen LogP contribution in [0.2, 0.25) is 5.02 Å². The number of nitrogens with zero attached hydrogens (tertiary/aromatic N) is 4. The number of carbonyl (C=O) groups excluding carboxylic acids is 2. The van der Waals surface area contributed by atoms with Crippen molar-refractivity contribution in [1.29, 1.82) is 0 Å². The van der Waals surface area contributed by atoms with Gasteiger partial charge < -0.3 is 10.6 Å². The molecule has 2 atom stereocenters. The van der Waals surface area contributed by atoms with E-state index in [9.17, 15) is 9.59 Å². The van der Waals surface area contributed by atoms with Crippen molar-refractivity contribution in [2.24, 2.45) is 17.8 Å². The summed E-state index contributed by atoms with van der Waals surface area (Å²) in [6.45, 7) is 7.72. The van der Waals surface area contributed by atoms with Gasteiger partial charge in [-0.05, 0) is 70.6 Å². The Hall–Kier alpha value is -2.35. The minimum atomic E-state index is -0.334. The smallest absolute Gasteiger partial charge is 0.256 e. The van der Waals surface area contributed by atoms with Crippen LogP contribution in [0, 0.1) is 17.8 Å². The van der Waals surface area contributed by atoms with Gasteiger partial charge in [0.15, 0.2) is 5.82 Å². The van der Waals surface area contributed by atoms with E-state index in [1.54, 1.807) is 30.2 Å². The van der Waals surface area contributed by atoms with Crippen LogP contribution >= 0.6 is 11.6 Å². The van der Waals surface area contributed by atoms with Gasteiger partial charge in [0.1, 0.15) is 5.56 Å². The highest BCUT2D eigenvalue weighted by Crippen LogP contribution is 2.55. The van der Waals surface area contributed by atoms with E-state index in [2.05, 4.69) is 20.8 Å². The summed E-state index contributed by atoms with van der Waals surface area (Å²) >= 11 is 6.12. The summed E-state index contributed by atoms with van der Waals surface area (Å²) in [6.07, 6.45) is 10.1. The maximum absolute atomic E-state index is 13.5. The standard InChI is InChI=1S/C23H31ClN6O2/c1-13(31)28-23-7-14-5-15(8-23)19(16(6-14)9-23)27-20(32)18-11-26-30(22(2,3)4)21(18)29-12-17(24)10-25-29/h10-12,14-16,19H,5-9H2,1-4H3,(H,27,32)(H,28,31). The quantitative estimate of drug-likeness (QED) is 0.735. The summed E-state index contributed by atoms with van der Waals surface area (Å²) in [5.74, 6) is 1.94. The third-order valence-corrected chi connectivity index (χ3v) is 7.60. The van der Waals surface area contributed by atoms with Crippen molar-refractivity contribution < 1.29 is 9.59 Å². The zero-order valence-electron chi connectivity index (χ0n) is 19.1. The lowest BCUT2D eigenvalue weighted by molar-refractivity contribution is -0.125. The van der Waals surface area contributed by atoms with E-state index < -0.39 is 0 Å². The highest BCUT2D eigenvalue weighted by Gasteiger charge is 2.56. The van der Waals surface area contributed by atoms with Gasteiger partial charge in [-0.25, -0.2) is 9.36 Å². The lowest BCUT2D eigenvalue weighted by Crippen LogP contribution is -2.66. The van der Waals surface area contributed by atoms with Crippen molar-refractivity contribution in [3.8, 4) is 5.82 Å². The average Bonchev–Trinajstić information content (AvgIpc) is 3.28. The Bertz CT molecular complexity index is 1050. The molecule has 8 nitrogen and oxygen atoms in total. The van der Waals surface area contributed by atoms with Gasteiger partial charge in [-0.15, -0.1) is 0 Å². The van der Waals surface area contributed by atoms with Gasteiger partial charge in [0, 0.05) is 18.5 Å². The van der Waals surface area contributed by atoms with Gasteiger partial charge in [0.05, 0.1) is 29.2 Å². The molecule has 172 valence electrons. The molecule has 2 aromatic rings. The van der Waals surface area contributed by atoms with Crippen LogP contribution in [0.3, 0.4) is 0 Å². The summed E-state index contributed by atoms with van der Waals surface area (Å²) < 4.78 is 3.44. The van der Waals surface area contributed by atoms with Crippen LogP contribution in [0.5, 0.6) is 0 Å². The largest absolute Gasteiger partial charge is 0.351 e. The van der Waals surface area contributed by atoms with Crippen molar-refractivity contribution in [1.82, 2.24) is 30.2 Å². The van der Waals surface area contributed by atoms with Crippen LogP contribution in [0.25, 0.3) is 5.82 Å². The van der Waals surface area contributed by atoms with Gasteiger partial charge >= 0.3 is 0 Å². The number of aromatic nitrogens is 4. The molecule has 4 bridgehead atoms. The number of nitrogens with one attached hydrogen (secondary N) is 2. The van der Waals surface area contributed by atoms with E-state index in [1.165, 1.54) is 0 Å². The minimum absolute atomic E-state index is 0.0460. The summed E-state index contributed by atoms with van der Waals surface area (Å²) in [5, 5.41) is 16.0. The molecule has 4 fully saturated rings. The van der Waals surface area contributed by atoms with Crippen LogP contribution in [0.15, 0.2) is 18.6 Å². The molecule has 4 saturated carbocycles. The molecule has 2 amide bonds. The number of hydrogen-bond acceptors (Lipinski definition) is 4. The van der Waals surface area contributed by atoms with E-state index in [0.717, 1.165) is 32.1 Å². The number of carbonyl (C=O) groups is 2. The highest BCUT2D eigenvalue weighted by molar-refractivity contribution is 6.30. The predicted molar refractivity (Wildman–Crippen MR) is 121 cm³/mol. The Kier molecular flexibility index (Phi) is 4.93. The molecule has 2 heterocycles. The first-order valence-corrected chi connectivity index (χ1v) is 11.8. The fourth-order valence-electron chi connectivity index (χ4n) is 6.65. The molecule has 0 spiro atoms. The molecule has 0 aromatic carbocycles. The molecule has 0 radical (unpaired) electrons. The van der Waals surface area contributed by atoms with Crippen molar-refractivity contribution in [2.45, 2.75) is 76.9 Å². The number of halogens is 1. The molecular weight excluding hydrogens is 428 g/mol. The molecule has 0 aliphatic heterocycles. The third kappa shape index (κ3) is 3.62. The first-order valence-electron chi connectivity index (χ1n) is 11.4. The molecule has 0 saturated heterocycles. The maximum atomic E-state index is 13.5. The second kappa shape index (κ2) is 7.33. The summed E-state index contributed by atoms with van der Waals surface area (Å²) in [7, 11) is 0. The van der Waals surface area contributed by atoms with Crippen molar-refractivity contribution in [3.63, 3.8) is 0 Å². The van der Waals surface area contributed by atoms with Gasteiger partial charge in [0.2, 0.25) is 5.91 Å². The molecule has 32 heavy (non-hydrogen) atoms. The van der Waals surface area contributed by atoms with E-state index >= 15 is 0 Å². The molecule has 4 aliphatic carbocycles. The first-order chi connectivity index (χ1) is 15.0. The minimum Gasteiger partial charge on any atom is -0.351 e. The van der Waals surface area contributed by atoms with Crippen molar-refractivity contribution >= 4 is 23.4 Å². The fourth-order valence-corrected chi connectivity index (χ4v) is 6.78. The van der Waals surface area contributed by atoms with Gasteiger partial charge in [-0.3, -0.25) is 9.59 Å². The average molecular weight is 459 g/mol. The van der Waals surface area contributed by atoms with Crippen molar-refractivity contribution in [2.75, 3.05) is 0 Å². The summed E-state index contributed by atoms with van der Waals surface area (Å²) in [6, 6.07) is 0.118. The zero-order valence-corrected chi connectivity index (χ0v) is 19.8.